The number of aromatic hydroxyl groups is 1. The molecule has 4 rings (SSSR count). The van der Waals surface area contributed by atoms with E-state index in [1.54, 1.807) is 18.6 Å². The van der Waals surface area contributed by atoms with Crippen molar-refractivity contribution in [3.8, 4) is 17.0 Å². The monoisotopic (exact) mass is 318 g/mol. The lowest BCUT2D eigenvalue weighted by molar-refractivity contribution is 0.428. The number of H-pyrrole nitrogens is 1. The molecule has 118 valence electrons. The van der Waals surface area contributed by atoms with Crippen LogP contribution < -0.4 is 5.56 Å². The molecule has 0 aliphatic carbocycles. The largest absolute Gasteiger partial charge is 0.493 e. The minimum atomic E-state index is -0.320. The average Bonchev–Trinajstić information content (AvgIpc) is 3.04. The van der Waals surface area contributed by atoms with Crippen molar-refractivity contribution in [2.24, 2.45) is 0 Å². The minimum absolute atomic E-state index is 0.141. The molecule has 0 saturated carbocycles. The van der Waals surface area contributed by atoms with Crippen LogP contribution in [-0.4, -0.2) is 24.7 Å². The maximum absolute atomic E-state index is 12.5. The summed E-state index contributed by atoms with van der Waals surface area (Å²) < 4.78 is 1.36. The van der Waals surface area contributed by atoms with Gasteiger partial charge in [-0.1, -0.05) is 30.3 Å². The van der Waals surface area contributed by atoms with E-state index in [0.29, 0.717) is 12.1 Å². The number of pyridine rings is 1. The van der Waals surface area contributed by atoms with E-state index in [0.717, 1.165) is 16.7 Å². The number of rotatable bonds is 3. The zero-order chi connectivity index (χ0) is 16.5. The number of aromatic nitrogens is 4. The van der Waals surface area contributed by atoms with Gasteiger partial charge in [-0.05, 0) is 23.3 Å². The van der Waals surface area contributed by atoms with Crippen LogP contribution in [0.2, 0.25) is 0 Å². The molecule has 0 spiro atoms. The third-order valence-corrected chi connectivity index (χ3v) is 3.96. The molecule has 0 aliphatic heterocycles. The Bertz CT molecular complexity index is 1050. The number of benzene rings is 1. The van der Waals surface area contributed by atoms with E-state index in [2.05, 4.69) is 15.1 Å². The van der Waals surface area contributed by atoms with Gasteiger partial charge in [0.05, 0.1) is 11.8 Å². The molecule has 3 heterocycles. The summed E-state index contributed by atoms with van der Waals surface area (Å²) >= 11 is 0. The van der Waals surface area contributed by atoms with Gasteiger partial charge in [0, 0.05) is 24.4 Å². The topological polar surface area (TPSA) is 83.3 Å². The summed E-state index contributed by atoms with van der Waals surface area (Å²) in [5.74, 6) is -0.141. The highest BCUT2D eigenvalue weighted by molar-refractivity contribution is 5.77. The molecule has 0 aliphatic rings. The Hall–Kier alpha value is -3.41. The molecule has 3 aromatic heterocycles. The molecule has 6 nitrogen and oxygen atoms in total. The molecule has 0 atom stereocenters. The summed E-state index contributed by atoms with van der Waals surface area (Å²) in [6.45, 7) is 0. The van der Waals surface area contributed by atoms with E-state index < -0.39 is 0 Å². The van der Waals surface area contributed by atoms with Gasteiger partial charge >= 0.3 is 0 Å². The highest BCUT2D eigenvalue weighted by Crippen LogP contribution is 2.25. The highest BCUT2D eigenvalue weighted by Gasteiger charge is 2.16. The van der Waals surface area contributed by atoms with Crippen LogP contribution >= 0.6 is 0 Å². The third kappa shape index (κ3) is 2.34. The lowest BCUT2D eigenvalue weighted by atomic mass is 10.1. The van der Waals surface area contributed by atoms with Gasteiger partial charge < -0.3 is 10.1 Å². The summed E-state index contributed by atoms with van der Waals surface area (Å²) in [6, 6.07) is 13.2. The van der Waals surface area contributed by atoms with Crippen LogP contribution in [0.3, 0.4) is 0 Å². The molecule has 0 radical (unpaired) electrons. The molecule has 4 aromatic rings. The minimum Gasteiger partial charge on any atom is -0.493 e. The van der Waals surface area contributed by atoms with Crippen molar-refractivity contribution in [2.75, 3.05) is 0 Å². The Balaban J connectivity index is 1.86. The first-order chi connectivity index (χ1) is 11.7. The molecule has 0 saturated heterocycles. The smallest absolute Gasteiger partial charge is 0.258 e. The van der Waals surface area contributed by atoms with Crippen molar-refractivity contribution in [1.29, 1.82) is 0 Å². The van der Waals surface area contributed by atoms with Crippen LogP contribution in [0, 0.1) is 0 Å². The standard InChI is InChI=1S/C18H14N4O2/c23-17-14(10-12-4-2-1-3-5-12)18(24)22-16(21-17)15(11-20-22)13-6-8-19-9-7-13/h1-9,11,24H,10H2,(H,21,23). The van der Waals surface area contributed by atoms with E-state index >= 15 is 0 Å². The quantitative estimate of drug-likeness (QED) is 0.607. The van der Waals surface area contributed by atoms with Crippen LogP contribution in [0.1, 0.15) is 11.1 Å². The summed E-state index contributed by atoms with van der Waals surface area (Å²) in [5, 5.41) is 14.7. The number of aromatic amines is 1. The molecular weight excluding hydrogens is 304 g/mol. The highest BCUT2D eigenvalue weighted by atomic mass is 16.3. The molecule has 1 aromatic carbocycles. The van der Waals surface area contributed by atoms with Crippen molar-refractivity contribution in [1.82, 2.24) is 19.6 Å². The zero-order valence-electron chi connectivity index (χ0n) is 12.7. The summed E-state index contributed by atoms with van der Waals surface area (Å²) in [7, 11) is 0. The van der Waals surface area contributed by atoms with Crippen molar-refractivity contribution >= 4 is 5.65 Å². The second-order valence-corrected chi connectivity index (χ2v) is 5.47. The fraction of sp³-hybridized carbons (Fsp3) is 0.0556. The zero-order valence-corrected chi connectivity index (χ0v) is 12.7. The molecule has 6 heteroatoms. The van der Waals surface area contributed by atoms with Gasteiger partial charge in [0.2, 0.25) is 5.88 Å². The summed E-state index contributed by atoms with van der Waals surface area (Å²) in [4.78, 5) is 19.3. The van der Waals surface area contributed by atoms with E-state index in [1.165, 1.54) is 4.52 Å². The number of nitrogens with zero attached hydrogens (tertiary/aromatic N) is 3. The predicted molar refractivity (Wildman–Crippen MR) is 90.0 cm³/mol. The number of fused-ring (bicyclic) bond motifs is 1. The number of hydrogen-bond acceptors (Lipinski definition) is 4. The Morgan fingerprint density at radius 3 is 2.58 bits per heavy atom. The lowest BCUT2D eigenvalue weighted by Gasteiger charge is -2.06. The fourth-order valence-corrected chi connectivity index (χ4v) is 2.74. The fourth-order valence-electron chi connectivity index (χ4n) is 2.74. The van der Waals surface area contributed by atoms with E-state index in [1.807, 2.05) is 42.5 Å². The lowest BCUT2D eigenvalue weighted by Crippen LogP contribution is -2.16. The van der Waals surface area contributed by atoms with Gasteiger partial charge in [0.1, 0.15) is 5.65 Å². The second-order valence-electron chi connectivity index (χ2n) is 5.47. The van der Waals surface area contributed by atoms with Crippen molar-refractivity contribution in [2.45, 2.75) is 6.42 Å². The van der Waals surface area contributed by atoms with Crippen molar-refractivity contribution in [3.05, 3.63) is 82.5 Å². The van der Waals surface area contributed by atoms with Crippen LogP contribution in [0.15, 0.2) is 65.8 Å². The summed E-state index contributed by atoms with van der Waals surface area (Å²) in [5.41, 5.74) is 2.97. The van der Waals surface area contributed by atoms with Gasteiger partial charge in [0.15, 0.2) is 0 Å². The summed E-state index contributed by atoms with van der Waals surface area (Å²) in [6.07, 6.45) is 5.29. The molecule has 0 fully saturated rings. The Labute approximate surface area is 137 Å². The second kappa shape index (κ2) is 5.66. The van der Waals surface area contributed by atoms with Crippen molar-refractivity contribution in [3.63, 3.8) is 0 Å². The first-order valence-electron chi connectivity index (χ1n) is 7.50. The SMILES string of the molecule is O=c1[nH]c2c(-c3ccncc3)cnn2c(O)c1Cc1ccccc1. The van der Waals surface area contributed by atoms with Crippen LogP contribution in [0.4, 0.5) is 0 Å². The molecule has 0 amide bonds. The maximum atomic E-state index is 12.5. The van der Waals surface area contributed by atoms with Gasteiger partial charge in [-0.3, -0.25) is 9.78 Å². The van der Waals surface area contributed by atoms with E-state index in [-0.39, 0.29) is 17.0 Å². The van der Waals surface area contributed by atoms with E-state index in [9.17, 15) is 9.90 Å². The molecule has 2 N–H and O–H groups in total. The molecular formula is C18H14N4O2. The molecule has 0 unspecified atom stereocenters. The maximum Gasteiger partial charge on any atom is 0.258 e. The molecule has 24 heavy (non-hydrogen) atoms. The first kappa shape index (κ1) is 14.2. The van der Waals surface area contributed by atoms with Crippen LogP contribution in [0.25, 0.3) is 16.8 Å². The predicted octanol–water partition coefficient (Wildman–Crippen LogP) is 2.38. The van der Waals surface area contributed by atoms with E-state index in [4.69, 9.17) is 0 Å². The normalized spacial score (nSPS) is 11.0. The van der Waals surface area contributed by atoms with Crippen LogP contribution in [-0.2, 0) is 6.42 Å². The van der Waals surface area contributed by atoms with Gasteiger partial charge in [-0.25, -0.2) is 0 Å². The number of hydrogen-bond donors (Lipinski definition) is 2. The Morgan fingerprint density at radius 2 is 1.83 bits per heavy atom. The van der Waals surface area contributed by atoms with Gasteiger partial charge in [-0.15, -0.1) is 0 Å². The van der Waals surface area contributed by atoms with Crippen LogP contribution in [0.5, 0.6) is 5.88 Å². The average molecular weight is 318 g/mol. The van der Waals surface area contributed by atoms with Gasteiger partial charge in [0.25, 0.3) is 5.56 Å². The Kier molecular flexibility index (Phi) is 3.35. The van der Waals surface area contributed by atoms with Gasteiger partial charge in [-0.2, -0.15) is 9.61 Å². The first-order valence-corrected chi connectivity index (χ1v) is 7.50. The Morgan fingerprint density at radius 1 is 1.08 bits per heavy atom. The third-order valence-electron chi connectivity index (χ3n) is 3.96. The number of nitrogens with one attached hydrogen (secondary N) is 1. The van der Waals surface area contributed by atoms with Crippen molar-refractivity contribution < 1.29 is 5.11 Å². The molecule has 0 bridgehead atoms.